The van der Waals surface area contributed by atoms with Crippen LogP contribution in [0.1, 0.15) is 36.0 Å². The topological polar surface area (TPSA) is 75.4 Å². The van der Waals surface area contributed by atoms with Gasteiger partial charge in [-0.2, -0.15) is 0 Å². The first-order valence-corrected chi connectivity index (χ1v) is 12.5. The Labute approximate surface area is 189 Å². The molecule has 1 aromatic rings. The van der Waals surface area contributed by atoms with Gasteiger partial charge in [0.15, 0.2) is 0 Å². The van der Waals surface area contributed by atoms with Crippen LogP contribution in [0.15, 0.2) is 18.2 Å². The van der Waals surface area contributed by atoms with Gasteiger partial charge in [0.1, 0.15) is 0 Å². The number of fused-ring (bicyclic) bond motifs is 21. The molecule has 4 rings (SSSR count). The van der Waals surface area contributed by atoms with Gasteiger partial charge in [0.25, 0.3) is 0 Å². The molecule has 6 N–H and O–H groups in total. The van der Waals surface area contributed by atoms with Crippen molar-refractivity contribution in [2.75, 3.05) is 78.5 Å². The monoisotopic (exact) mass is 431 g/mol. The molecule has 0 saturated carbocycles. The highest BCUT2D eigenvalue weighted by Crippen LogP contribution is 2.11. The minimum atomic E-state index is 0.947. The fourth-order valence-corrected chi connectivity index (χ4v) is 4.28. The lowest BCUT2D eigenvalue weighted by atomic mass is 10.0. The Balaban J connectivity index is 1.66. The maximum Gasteiger partial charge on any atom is 0.0205 e. The average Bonchev–Trinajstić information content (AvgIpc) is 2.77. The van der Waals surface area contributed by atoms with Crippen LogP contribution in [0, 0.1) is 0 Å². The van der Waals surface area contributed by atoms with E-state index < -0.39 is 0 Å². The highest BCUT2D eigenvalue weighted by molar-refractivity contribution is 5.30. The van der Waals surface area contributed by atoms with E-state index in [0.717, 1.165) is 98.2 Å². The molecule has 3 aliphatic rings. The first kappa shape index (κ1) is 24.6. The maximum absolute atomic E-state index is 3.64. The zero-order valence-corrected chi connectivity index (χ0v) is 19.4. The fraction of sp³-hybridized carbons (Fsp3) is 0.750. The van der Waals surface area contributed by atoms with E-state index in [2.05, 4.69) is 55.0 Å². The minimum absolute atomic E-state index is 0.947. The Bertz CT molecular complexity index is 502. The van der Waals surface area contributed by atoms with E-state index in [1.54, 1.807) is 0 Å². The molecule has 0 aliphatic carbocycles. The third-order valence-corrected chi connectivity index (χ3v) is 6.04. The number of hydrogen-bond acceptors (Lipinski definition) is 7. The number of rotatable bonds is 0. The van der Waals surface area contributed by atoms with E-state index in [9.17, 15) is 0 Å². The molecule has 7 heteroatoms. The summed E-state index contributed by atoms with van der Waals surface area (Å²) in [6.45, 7) is 15.8. The lowest BCUT2D eigenvalue weighted by Crippen LogP contribution is -2.41. The van der Waals surface area contributed by atoms with Crippen molar-refractivity contribution < 1.29 is 0 Å². The van der Waals surface area contributed by atoms with Gasteiger partial charge in [-0.3, -0.25) is 4.90 Å². The zero-order chi connectivity index (χ0) is 21.4. The molecule has 0 spiro atoms. The molecular formula is C24H45N7. The molecule has 0 atom stereocenters. The van der Waals surface area contributed by atoms with Crippen molar-refractivity contribution in [2.45, 2.75) is 38.9 Å². The number of nitrogens with zero attached hydrogens (tertiary/aromatic N) is 1. The van der Waals surface area contributed by atoms with Gasteiger partial charge in [0, 0.05) is 58.9 Å². The minimum Gasteiger partial charge on any atom is -0.315 e. The molecular weight excluding hydrogens is 386 g/mol. The summed E-state index contributed by atoms with van der Waals surface area (Å²) in [6, 6.07) is 7.09. The molecule has 0 fully saturated rings. The predicted molar refractivity (Wildman–Crippen MR) is 130 cm³/mol. The van der Waals surface area contributed by atoms with Crippen LogP contribution in [0.4, 0.5) is 0 Å². The van der Waals surface area contributed by atoms with Crippen LogP contribution in [-0.4, -0.2) is 83.4 Å². The number of hydrogen-bond donors (Lipinski definition) is 6. The van der Waals surface area contributed by atoms with E-state index in [0.29, 0.717) is 0 Å². The molecule has 1 aromatic carbocycles. The first-order valence-electron chi connectivity index (χ1n) is 12.5. The summed E-state index contributed by atoms with van der Waals surface area (Å²) in [7, 11) is 0. The van der Waals surface area contributed by atoms with E-state index >= 15 is 0 Å². The smallest absolute Gasteiger partial charge is 0.0205 e. The highest BCUT2D eigenvalue weighted by atomic mass is 15.2. The molecule has 0 amide bonds. The third-order valence-electron chi connectivity index (χ3n) is 6.04. The van der Waals surface area contributed by atoms with Crippen LogP contribution < -0.4 is 31.9 Å². The molecule has 31 heavy (non-hydrogen) atoms. The molecule has 0 unspecified atom stereocenters. The summed E-state index contributed by atoms with van der Waals surface area (Å²) < 4.78 is 0. The van der Waals surface area contributed by atoms with Gasteiger partial charge in [-0.05, 0) is 75.2 Å². The SMILES string of the molecule is c1c2cc3cc1CNCCCNCCN(CCNCCCNC2)CCNCCCNC3. The third kappa shape index (κ3) is 10.9. The van der Waals surface area contributed by atoms with Crippen LogP contribution in [0.3, 0.4) is 0 Å². The van der Waals surface area contributed by atoms with Gasteiger partial charge in [-0.15, -0.1) is 0 Å². The lowest BCUT2D eigenvalue weighted by molar-refractivity contribution is 0.271. The molecule has 0 aromatic heterocycles. The Morgan fingerprint density at radius 1 is 0.419 bits per heavy atom. The molecule has 3 aliphatic heterocycles. The normalized spacial score (nSPS) is 22.8. The standard InChI is InChI=1S/C24H45N7/c1-4-25-10-13-31-14-11-26-5-2-8-29-20-23-16-22(19-28-7-1)17-24(18-23)21-30-9-3-6-27-12-15-31/h16-18,25-30H,1-15,19-21H2. The van der Waals surface area contributed by atoms with Crippen molar-refractivity contribution in [1.29, 1.82) is 0 Å². The van der Waals surface area contributed by atoms with Crippen molar-refractivity contribution in [3.8, 4) is 0 Å². The van der Waals surface area contributed by atoms with Crippen molar-refractivity contribution in [3.05, 3.63) is 34.9 Å². The molecule has 3 heterocycles. The van der Waals surface area contributed by atoms with Gasteiger partial charge in [0.05, 0.1) is 0 Å². The first-order chi connectivity index (χ1) is 15.4. The number of nitrogens with one attached hydrogen (secondary N) is 6. The van der Waals surface area contributed by atoms with Gasteiger partial charge in [-0.25, -0.2) is 0 Å². The molecule has 0 radical (unpaired) electrons. The second-order valence-electron chi connectivity index (χ2n) is 8.84. The van der Waals surface area contributed by atoms with Crippen LogP contribution >= 0.6 is 0 Å². The van der Waals surface area contributed by atoms with Gasteiger partial charge in [0.2, 0.25) is 0 Å². The zero-order valence-electron chi connectivity index (χ0n) is 19.4. The summed E-state index contributed by atoms with van der Waals surface area (Å²) in [4.78, 5) is 2.59. The Hall–Kier alpha value is -1.06. The van der Waals surface area contributed by atoms with Crippen molar-refractivity contribution in [2.24, 2.45) is 0 Å². The van der Waals surface area contributed by atoms with E-state index in [-0.39, 0.29) is 0 Å². The largest absolute Gasteiger partial charge is 0.315 e. The van der Waals surface area contributed by atoms with Crippen LogP contribution in [0.5, 0.6) is 0 Å². The Kier molecular flexibility index (Phi) is 12.4. The summed E-state index contributed by atoms with van der Waals surface area (Å²) in [5, 5.41) is 21.8. The molecule has 7 nitrogen and oxygen atoms in total. The fourth-order valence-electron chi connectivity index (χ4n) is 4.28. The maximum atomic E-state index is 3.64. The van der Waals surface area contributed by atoms with Crippen molar-refractivity contribution in [1.82, 2.24) is 36.8 Å². The van der Waals surface area contributed by atoms with Crippen molar-refractivity contribution in [3.63, 3.8) is 0 Å². The average molecular weight is 432 g/mol. The highest BCUT2D eigenvalue weighted by Gasteiger charge is 2.06. The predicted octanol–water partition coefficient (Wildman–Crippen LogP) is 0.224. The second kappa shape index (κ2) is 15.7. The van der Waals surface area contributed by atoms with Crippen LogP contribution in [-0.2, 0) is 19.6 Å². The van der Waals surface area contributed by atoms with E-state index in [1.165, 1.54) is 36.0 Å². The van der Waals surface area contributed by atoms with E-state index in [4.69, 9.17) is 0 Å². The quantitative estimate of drug-likeness (QED) is 0.351. The summed E-state index contributed by atoms with van der Waals surface area (Å²) in [6.07, 6.45) is 3.50. The van der Waals surface area contributed by atoms with Gasteiger partial charge in [-0.1, -0.05) is 18.2 Å². The number of benzene rings is 1. The Morgan fingerprint density at radius 3 is 1.10 bits per heavy atom. The summed E-state index contributed by atoms with van der Waals surface area (Å²) in [5.41, 5.74) is 4.19. The van der Waals surface area contributed by atoms with Gasteiger partial charge < -0.3 is 31.9 Å². The second-order valence-corrected chi connectivity index (χ2v) is 8.84. The van der Waals surface area contributed by atoms with Crippen LogP contribution in [0.25, 0.3) is 0 Å². The molecule has 176 valence electrons. The van der Waals surface area contributed by atoms with Gasteiger partial charge >= 0.3 is 0 Å². The molecule has 0 saturated heterocycles. The van der Waals surface area contributed by atoms with Crippen molar-refractivity contribution >= 4 is 0 Å². The van der Waals surface area contributed by atoms with Crippen LogP contribution in [0.2, 0.25) is 0 Å². The Morgan fingerprint density at radius 2 is 0.742 bits per heavy atom. The van der Waals surface area contributed by atoms with E-state index in [1.807, 2.05) is 0 Å². The summed E-state index contributed by atoms with van der Waals surface area (Å²) >= 11 is 0. The molecule has 4 bridgehead atoms. The lowest BCUT2D eigenvalue weighted by Gasteiger charge is -2.23. The summed E-state index contributed by atoms with van der Waals surface area (Å²) in [5.74, 6) is 0.